The Hall–Kier alpha value is -1.12. The van der Waals surface area contributed by atoms with Gasteiger partial charge in [-0.15, -0.1) is 0 Å². The van der Waals surface area contributed by atoms with Crippen molar-refractivity contribution in [1.82, 2.24) is 10.2 Å². The van der Waals surface area contributed by atoms with E-state index in [2.05, 4.69) is 16.3 Å². The molecule has 0 bridgehead atoms. The van der Waals surface area contributed by atoms with Crippen LogP contribution in [0.4, 0.5) is 0 Å². The molecule has 2 unspecified atom stereocenters. The van der Waals surface area contributed by atoms with Gasteiger partial charge in [-0.3, -0.25) is 4.79 Å². The predicted molar refractivity (Wildman–Crippen MR) is 66.0 cm³/mol. The maximum atomic E-state index is 11.8. The van der Waals surface area contributed by atoms with Gasteiger partial charge in [-0.25, -0.2) is 0 Å². The minimum Gasteiger partial charge on any atom is -0.355 e. The Morgan fingerprint density at radius 1 is 1.71 bits per heavy atom. The van der Waals surface area contributed by atoms with E-state index in [-0.39, 0.29) is 17.7 Å². The van der Waals surface area contributed by atoms with Gasteiger partial charge in [-0.2, -0.15) is 5.26 Å². The normalized spacial score (nSPS) is 22.8. The first kappa shape index (κ1) is 13.9. The van der Waals surface area contributed by atoms with Gasteiger partial charge in [0.05, 0.1) is 17.9 Å². The third-order valence-corrected chi connectivity index (χ3v) is 3.07. The smallest absolute Gasteiger partial charge is 0.224 e. The van der Waals surface area contributed by atoms with Crippen LogP contribution < -0.4 is 11.1 Å². The van der Waals surface area contributed by atoms with Crippen molar-refractivity contribution in [3.8, 4) is 6.07 Å². The number of nitrogens with one attached hydrogen (secondary N) is 1. The molecule has 1 fully saturated rings. The zero-order valence-electron chi connectivity index (χ0n) is 10.5. The fourth-order valence-electron chi connectivity index (χ4n) is 2.20. The number of likely N-dealkylation sites (tertiary alicyclic amines) is 1. The van der Waals surface area contributed by atoms with Crippen LogP contribution in [-0.2, 0) is 4.79 Å². The molecule has 0 radical (unpaired) electrons. The maximum absolute atomic E-state index is 11.8. The number of rotatable bonds is 5. The monoisotopic (exact) mass is 238 g/mol. The van der Waals surface area contributed by atoms with Gasteiger partial charge in [0.1, 0.15) is 0 Å². The summed E-state index contributed by atoms with van der Waals surface area (Å²) in [6, 6.07) is 2.23. The second-order valence-electron chi connectivity index (χ2n) is 4.71. The van der Waals surface area contributed by atoms with Crippen molar-refractivity contribution in [2.24, 2.45) is 17.6 Å². The molecule has 96 valence electrons. The van der Waals surface area contributed by atoms with E-state index >= 15 is 0 Å². The van der Waals surface area contributed by atoms with E-state index in [9.17, 15) is 4.79 Å². The zero-order valence-corrected chi connectivity index (χ0v) is 10.5. The molecule has 1 saturated heterocycles. The Morgan fingerprint density at radius 3 is 3.12 bits per heavy atom. The molecule has 1 rings (SSSR count). The standard InChI is InChI=1S/C12H22N4O/c1-10(7-14)8-16-6-2-3-11(9-16)12(17)15-5-4-13/h10-11H,2-6,8-9,13H2,1H3,(H,15,17). The summed E-state index contributed by atoms with van der Waals surface area (Å²) in [6.07, 6.45) is 1.96. The molecule has 0 aromatic heterocycles. The fourth-order valence-corrected chi connectivity index (χ4v) is 2.20. The summed E-state index contributed by atoms with van der Waals surface area (Å²) in [5.41, 5.74) is 5.36. The van der Waals surface area contributed by atoms with E-state index in [4.69, 9.17) is 11.0 Å². The van der Waals surface area contributed by atoms with Gasteiger partial charge < -0.3 is 16.0 Å². The first-order chi connectivity index (χ1) is 8.17. The number of carbonyl (C=O) groups is 1. The van der Waals surface area contributed by atoms with Crippen LogP contribution in [0.15, 0.2) is 0 Å². The number of amides is 1. The molecule has 3 N–H and O–H groups in total. The Bertz CT molecular complexity index is 287. The molecule has 0 spiro atoms. The molecule has 0 aliphatic carbocycles. The average Bonchev–Trinajstić information content (AvgIpc) is 2.36. The van der Waals surface area contributed by atoms with Crippen molar-refractivity contribution in [1.29, 1.82) is 5.26 Å². The molecule has 5 heteroatoms. The van der Waals surface area contributed by atoms with Crippen LogP contribution in [-0.4, -0.2) is 43.5 Å². The summed E-state index contributed by atoms with van der Waals surface area (Å²) < 4.78 is 0. The van der Waals surface area contributed by atoms with Gasteiger partial charge in [0.15, 0.2) is 0 Å². The highest BCUT2D eigenvalue weighted by molar-refractivity contribution is 5.78. The lowest BCUT2D eigenvalue weighted by Crippen LogP contribution is -2.45. The van der Waals surface area contributed by atoms with Crippen LogP contribution in [0.3, 0.4) is 0 Å². The minimum absolute atomic E-state index is 0.0286. The number of piperidine rings is 1. The van der Waals surface area contributed by atoms with Crippen molar-refractivity contribution in [3.05, 3.63) is 0 Å². The van der Waals surface area contributed by atoms with E-state index in [0.29, 0.717) is 13.1 Å². The largest absolute Gasteiger partial charge is 0.355 e. The summed E-state index contributed by atoms with van der Waals surface area (Å²) >= 11 is 0. The SMILES string of the molecule is CC(C#N)CN1CCCC(C(=O)NCCN)C1. The maximum Gasteiger partial charge on any atom is 0.224 e. The highest BCUT2D eigenvalue weighted by Crippen LogP contribution is 2.17. The topological polar surface area (TPSA) is 82.2 Å². The molecule has 1 aliphatic heterocycles. The number of nitriles is 1. The highest BCUT2D eigenvalue weighted by atomic mass is 16.1. The van der Waals surface area contributed by atoms with Crippen molar-refractivity contribution in [2.45, 2.75) is 19.8 Å². The van der Waals surface area contributed by atoms with Gasteiger partial charge in [-0.05, 0) is 26.3 Å². The van der Waals surface area contributed by atoms with E-state index < -0.39 is 0 Å². The van der Waals surface area contributed by atoms with Crippen LogP contribution in [0.5, 0.6) is 0 Å². The first-order valence-corrected chi connectivity index (χ1v) is 6.27. The molecule has 0 aromatic carbocycles. The van der Waals surface area contributed by atoms with E-state index in [0.717, 1.165) is 32.5 Å². The summed E-state index contributed by atoms with van der Waals surface area (Å²) in [4.78, 5) is 14.0. The summed E-state index contributed by atoms with van der Waals surface area (Å²) in [5, 5.41) is 11.6. The van der Waals surface area contributed by atoms with Crippen LogP contribution >= 0.6 is 0 Å². The van der Waals surface area contributed by atoms with Gasteiger partial charge in [0.2, 0.25) is 5.91 Å². The molecule has 5 nitrogen and oxygen atoms in total. The highest BCUT2D eigenvalue weighted by Gasteiger charge is 2.25. The van der Waals surface area contributed by atoms with Crippen molar-refractivity contribution in [3.63, 3.8) is 0 Å². The van der Waals surface area contributed by atoms with E-state index in [1.54, 1.807) is 0 Å². The lowest BCUT2D eigenvalue weighted by Gasteiger charge is -2.32. The summed E-state index contributed by atoms with van der Waals surface area (Å²) in [6.45, 7) is 5.46. The van der Waals surface area contributed by atoms with Gasteiger partial charge in [0, 0.05) is 26.2 Å². The molecule has 0 aromatic rings. The number of nitrogens with two attached hydrogens (primary N) is 1. The summed E-state index contributed by atoms with van der Waals surface area (Å²) in [7, 11) is 0. The van der Waals surface area contributed by atoms with Gasteiger partial charge in [-0.1, -0.05) is 0 Å². The van der Waals surface area contributed by atoms with Crippen molar-refractivity contribution >= 4 is 5.91 Å². The third-order valence-electron chi connectivity index (χ3n) is 3.07. The Morgan fingerprint density at radius 2 is 2.47 bits per heavy atom. The number of hydrogen-bond acceptors (Lipinski definition) is 4. The molecular weight excluding hydrogens is 216 g/mol. The molecule has 1 aliphatic rings. The molecular formula is C12H22N4O. The van der Waals surface area contributed by atoms with Crippen LogP contribution in [0, 0.1) is 23.2 Å². The molecule has 1 heterocycles. The molecule has 17 heavy (non-hydrogen) atoms. The van der Waals surface area contributed by atoms with Crippen LogP contribution in [0.25, 0.3) is 0 Å². The van der Waals surface area contributed by atoms with Gasteiger partial charge >= 0.3 is 0 Å². The summed E-state index contributed by atoms with van der Waals surface area (Å²) in [5.74, 6) is 0.187. The van der Waals surface area contributed by atoms with Crippen molar-refractivity contribution in [2.75, 3.05) is 32.7 Å². The number of nitrogens with zero attached hydrogens (tertiary/aromatic N) is 2. The van der Waals surface area contributed by atoms with Crippen LogP contribution in [0.1, 0.15) is 19.8 Å². The van der Waals surface area contributed by atoms with Gasteiger partial charge in [0.25, 0.3) is 0 Å². The zero-order chi connectivity index (χ0) is 12.7. The number of hydrogen-bond donors (Lipinski definition) is 2. The lowest BCUT2D eigenvalue weighted by atomic mass is 9.96. The van der Waals surface area contributed by atoms with Crippen LogP contribution in [0.2, 0.25) is 0 Å². The second kappa shape index (κ2) is 7.25. The van der Waals surface area contributed by atoms with E-state index in [1.807, 2.05) is 6.92 Å². The van der Waals surface area contributed by atoms with E-state index in [1.165, 1.54) is 0 Å². The minimum atomic E-state index is 0.0286. The fraction of sp³-hybridized carbons (Fsp3) is 0.833. The Labute approximate surface area is 103 Å². The molecule has 0 saturated carbocycles. The lowest BCUT2D eigenvalue weighted by molar-refractivity contribution is -0.126. The second-order valence-corrected chi connectivity index (χ2v) is 4.71. The molecule has 1 amide bonds. The quantitative estimate of drug-likeness (QED) is 0.702. The molecule has 2 atom stereocenters. The predicted octanol–water partition coefficient (Wildman–Crippen LogP) is -0.0670. The average molecular weight is 238 g/mol. The Balaban J connectivity index is 2.38. The van der Waals surface area contributed by atoms with Crippen molar-refractivity contribution < 1.29 is 4.79 Å². The Kier molecular flexibility index (Phi) is 5.95. The first-order valence-electron chi connectivity index (χ1n) is 6.27. The third kappa shape index (κ3) is 4.72. The number of carbonyl (C=O) groups excluding carboxylic acids is 1.